The van der Waals surface area contributed by atoms with Gasteiger partial charge >= 0.3 is 6.09 Å². The van der Waals surface area contributed by atoms with E-state index < -0.39 is 27.6 Å². The number of amidine groups is 1. The number of hydrogen-bond donors (Lipinski definition) is 1. The van der Waals surface area contributed by atoms with Crippen LogP contribution in [0, 0.1) is 6.92 Å². The lowest BCUT2D eigenvalue weighted by Crippen LogP contribution is -2.39. The zero-order chi connectivity index (χ0) is 33.5. The second-order valence-corrected chi connectivity index (χ2v) is 14.5. The molecule has 2 aromatic rings. The van der Waals surface area contributed by atoms with Crippen LogP contribution < -0.4 is 5.73 Å². The number of unbranched alkanes of at least 4 members (excludes halogenated alkanes) is 1. The van der Waals surface area contributed by atoms with Gasteiger partial charge < -0.3 is 15.4 Å². The summed E-state index contributed by atoms with van der Waals surface area (Å²) in [5, 5.41) is 0.363. The van der Waals surface area contributed by atoms with Crippen molar-refractivity contribution in [2.75, 3.05) is 33.2 Å². The SMILES string of the molecule is Cc1c(Cl)ccc(S(=O)(=O)N(CCCCC(=O)N(C)Cc2ccc(C3=NCCN3C(=O)OC(C)(C)C)cc2)CCC(N)=O)c1Cl. The van der Waals surface area contributed by atoms with E-state index in [1.165, 1.54) is 21.3 Å². The molecule has 11 nitrogen and oxygen atoms in total. The summed E-state index contributed by atoms with van der Waals surface area (Å²) in [6.07, 6.45) is 0.424. The van der Waals surface area contributed by atoms with Crippen molar-refractivity contribution in [2.24, 2.45) is 10.7 Å². The van der Waals surface area contributed by atoms with Gasteiger partial charge in [0.15, 0.2) is 0 Å². The molecule has 0 radical (unpaired) electrons. The van der Waals surface area contributed by atoms with Crippen LogP contribution in [0.4, 0.5) is 4.79 Å². The molecule has 3 amide bonds. The molecular formula is C31H41Cl2N5O6S. The highest BCUT2D eigenvalue weighted by Crippen LogP contribution is 2.32. The van der Waals surface area contributed by atoms with Gasteiger partial charge in [0.1, 0.15) is 16.3 Å². The molecule has 14 heteroatoms. The van der Waals surface area contributed by atoms with Crippen LogP contribution in [0.15, 0.2) is 46.3 Å². The molecule has 1 aliphatic heterocycles. The molecule has 2 aromatic carbocycles. The largest absolute Gasteiger partial charge is 0.443 e. The zero-order valence-corrected chi connectivity index (χ0v) is 28.6. The Kier molecular flexibility index (Phi) is 12.4. The average molecular weight is 683 g/mol. The summed E-state index contributed by atoms with van der Waals surface area (Å²) in [6, 6.07) is 10.3. The number of carbonyl (C=O) groups is 3. The van der Waals surface area contributed by atoms with Gasteiger partial charge in [-0.05, 0) is 63.8 Å². The third-order valence-electron chi connectivity index (χ3n) is 7.07. The molecule has 0 aliphatic carbocycles. The normalized spacial score (nSPS) is 13.6. The fourth-order valence-corrected chi connectivity index (χ4v) is 6.89. The van der Waals surface area contributed by atoms with Gasteiger partial charge in [-0.1, -0.05) is 47.5 Å². The number of primary amides is 1. The van der Waals surface area contributed by atoms with E-state index in [4.69, 9.17) is 33.7 Å². The molecule has 1 aliphatic rings. The monoisotopic (exact) mass is 681 g/mol. The molecule has 0 atom stereocenters. The van der Waals surface area contributed by atoms with E-state index in [0.717, 1.165) is 11.1 Å². The van der Waals surface area contributed by atoms with E-state index in [2.05, 4.69) is 4.99 Å². The predicted octanol–water partition coefficient (Wildman–Crippen LogP) is 4.99. The average Bonchev–Trinajstić information content (AvgIpc) is 3.45. The summed E-state index contributed by atoms with van der Waals surface area (Å²) in [7, 11) is -2.34. The molecular weight excluding hydrogens is 641 g/mol. The molecule has 0 aromatic heterocycles. The number of nitrogens with zero attached hydrogens (tertiary/aromatic N) is 4. The van der Waals surface area contributed by atoms with Crippen molar-refractivity contribution in [1.29, 1.82) is 0 Å². The van der Waals surface area contributed by atoms with Crippen LogP contribution in [0.3, 0.4) is 0 Å². The van der Waals surface area contributed by atoms with Gasteiger partial charge in [0.25, 0.3) is 0 Å². The third-order valence-corrected chi connectivity index (χ3v) is 10.0. The first-order valence-electron chi connectivity index (χ1n) is 14.6. The number of aliphatic imine (C=N–C) groups is 1. The number of rotatable bonds is 13. The Morgan fingerprint density at radius 3 is 2.31 bits per heavy atom. The highest BCUT2D eigenvalue weighted by atomic mass is 35.5. The summed E-state index contributed by atoms with van der Waals surface area (Å²) >= 11 is 12.4. The molecule has 0 spiro atoms. The summed E-state index contributed by atoms with van der Waals surface area (Å²) in [5.41, 5.74) is 6.79. The lowest BCUT2D eigenvalue weighted by atomic mass is 10.1. The van der Waals surface area contributed by atoms with Gasteiger partial charge in [0, 0.05) is 50.1 Å². The Bertz CT molecular complexity index is 1540. The Morgan fingerprint density at radius 1 is 1.02 bits per heavy atom. The quantitative estimate of drug-likeness (QED) is 0.295. The topological polar surface area (TPSA) is 143 Å². The van der Waals surface area contributed by atoms with Gasteiger partial charge in [-0.2, -0.15) is 4.31 Å². The fourth-order valence-electron chi connectivity index (χ4n) is 4.63. The molecule has 0 saturated carbocycles. The zero-order valence-electron chi connectivity index (χ0n) is 26.3. The molecule has 246 valence electrons. The minimum absolute atomic E-state index is 0.0213. The molecule has 0 fully saturated rings. The Morgan fingerprint density at radius 2 is 1.69 bits per heavy atom. The van der Waals surface area contributed by atoms with Crippen LogP contribution in [-0.2, 0) is 30.9 Å². The molecule has 3 rings (SSSR count). The van der Waals surface area contributed by atoms with Gasteiger partial charge in [0.05, 0.1) is 18.1 Å². The lowest BCUT2D eigenvalue weighted by Gasteiger charge is -2.25. The first kappa shape index (κ1) is 36.3. The minimum Gasteiger partial charge on any atom is -0.443 e. The summed E-state index contributed by atoms with van der Waals surface area (Å²) in [4.78, 5) is 44.4. The van der Waals surface area contributed by atoms with Crippen LogP contribution in [0.1, 0.15) is 63.1 Å². The van der Waals surface area contributed by atoms with E-state index in [-0.39, 0.29) is 41.8 Å². The standard InChI is InChI=1S/C31H41Cl2N5O6S/c1-21-24(32)13-14-25(28(21)33)45(42,43)37(18-15-26(34)39)17-7-6-8-27(40)36(5)20-22-9-11-23(12-10-22)29-35-16-19-38(29)30(41)44-31(2,3)4/h9-14H,6-8,15-20H2,1-5H3,(H2,34,39). The maximum absolute atomic E-state index is 13.4. The number of sulfonamides is 1. The van der Waals surface area contributed by atoms with Crippen molar-refractivity contribution in [3.63, 3.8) is 0 Å². The summed E-state index contributed by atoms with van der Waals surface area (Å²) in [6.45, 7) is 8.36. The van der Waals surface area contributed by atoms with Crippen molar-refractivity contribution in [2.45, 2.75) is 70.4 Å². The first-order chi connectivity index (χ1) is 21.0. The van der Waals surface area contributed by atoms with Crippen molar-refractivity contribution < 1.29 is 27.5 Å². The number of benzene rings is 2. The number of amides is 3. The second kappa shape index (κ2) is 15.4. The van der Waals surface area contributed by atoms with Crippen LogP contribution in [0.25, 0.3) is 0 Å². The minimum atomic E-state index is -4.05. The Labute approximate surface area is 275 Å². The van der Waals surface area contributed by atoms with Crippen molar-refractivity contribution in [3.05, 3.63) is 63.1 Å². The van der Waals surface area contributed by atoms with Gasteiger partial charge in [-0.3, -0.25) is 19.5 Å². The van der Waals surface area contributed by atoms with Crippen molar-refractivity contribution in [1.82, 2.24) is 14.1 Å². The van der Waals surface area contributed by atoms with E-state index in [1.54, 1.807) is 18.9 Å². The number of hydrogen-bond acceptors (Lipinski definition) is 7. The van der Waals surface area contributed by atoms with Gasteiger partial charge in [0.2, 0.25) is 21.8 Å². The highest BCUT2D eigenvalue weighted by molar-refractivity contribution is 7.89. The van der Waals surface area contributed by atoms with Gasteiger partial charge in [-0.25, -0.2) is 13.2 Å². The molecule has 0 bridgehead atoms. The second-order valence-electron chi connectivity index (χ2n) is 11.8. The molecule has 0 saturated heterocycles. The van der Waals surface area contributed by atoms with Crippen LogP contribution in [0.2, 0.25) is 10.0 Å². The van der Waals surface area contributed by atoms with E-state index in [1.807, 2.05) is 45.0 Å². The number of ether oxygens (including phenoxy) is 1. The van der Waals surface area contributed by atoms with E-state index in [9.17, 15) is 22.8 Å². The van der Waals surface area contributed by atoms with Crippen molar-refractivity contribution in [3.8, 4) is 0 Å². The molecule has 45 heavy (non-hydrogen) atoms. The van der Waals surface area contributed by atoms with E-state index >= 15 is 0 Å². The highest BCUT2D eigenvalue weighted by Gasteiger charge is 2.30. The molecule has 2 N–H and O–H groups in total. The van der Waals surface area contributed by atoms with Gasteiger partial charge in [-0.15, -0.1) is 0 Å². The van der Waals surface area contributed by atoms with Crippen LogP contribution in [0.5, 0.6) is 0 Å². The maximum Gasteiger partial charge on any atom is 0.416 e. The third kappa shape index (κ3) is 9.90. The van der Waals surface area contributed by atoms with Crippen LogP contribution in [-0.4, -0.2) is 85.1 Å². The number of nitrogens with two attached hydrogens (primary N) is 1. The number of halogens is 2. The van der Waals surface area contributed by atoms with Crippen LogP contribution >= 0.6 is 23.2 Å². The van der Waals surface area contributed by atoms with E-state index in [0.29, 0.717) is 48.9 Å². The smallest absolute Gasteiger partial charge is 0.416 e. The summed E-state index contributed by atoms with van der Waals surface area (Å²) < 4.78 is 33.5. The lowest BCUT2D eigenvalue weighted by molar-refractivity contribution is -0.130. The Balaban J connectivity index is 1.55. The number of carbonyl (C=O) groups excluding carboxylic acids is 3. The fraction of sp³-hybridized carbons (Fsp3) is 0.484. The molecule has 0 unspecified atom stereocenters. The van der Waals surface area contributed by atoms with Crippen molar-refractivity contribution >= 4 is 57.0 Å². The Hall–Kier alpha value is -3.19. The summed E-state index contributed by atoms with van der Waals surface area (Å²) in [5.74, 6) is -0.172. The maximum atomic E-state index is 13.4. The first-order valence-corrected chi connectivity index (χ1v) is 16.8. The molecule has 1 heterocycles. The predicted molar refractivity (Wildman–Crippen MR) is 175 cm³/mol.